The number of hydrogen-bond donors (Lipinski definition) is 1. The molecule has 0 unspecified atom stereocenters. The summed E-state index contributed by atoms with van der Waals surface area (Å²) in [6.45, 7) is 1.99. The number of ether oxygens (including phenoxy) is 2. The maximum atomic E-state index is 12.5. The van der Waals surface area contributed by atoms with Crippen molar-refractivity contribution < 1.29 is 14.3 Å². The Morgan fingerprint density at radius 3 is 2.36 bits per heavy atom. The van der Waals surface area contributed by atoms with Crippen LogP contribution >= 0.6 is 0 Å². The van der Waals surface area contributed by atoms with Gasteiger partial charge in [-0.1, -0.05) is 30.3 Å². The van der Waals surface area contributed by atoms with Crippen molar-refractivity contribution in [3.8, 4) is 11.3 Å². The lowest BCUT2D eigenvalue weighted by Gasteiger charge is -2.21. The number of rotatable bonds is 8. The van der Waals surface area contributed by atoms with Gasteiger partial charge < -0.3 is 14.4 Å². The van der Waals surface area contributed by atoms with Crippen LogP contribution in [-0.2, 0) is 9.47 Å². The van der Waals surface area contributed by atoms with E-state index in [4.69, 9.17) is 9.47 Å². The Morgan fingerprint density at radius 2 is 1.77 bits per heavy atom. The lowest BCUT2D eigenvalue weighted by molar-refractivity contribution is 0.0622. The van der Waals surface area contributed by atoms with E-state index in [-0.39, 0.29) is 5.91 Å². The van der Waals surface area contributed by atoms with Crippen LogP contribution in [0.5, 0.6) is 0 Å². The molecule has 118 valence electrons. The van der Waals surface area contributed by atoms with E-state index in [2.05, 4.69) is 10.2 Å². The summed E-state index contributed by atoms with van der Waals surface area (Å²) in [4.78, 5) is 14.2. The fourth-order valence-corrected chi connectivity index (χ4v) is 2.08. The number of aromatic amines is 1. The molecule has 2 rings (SSSR count). The minimum Gasteiger partial charge on any atom is -0.383 e. The second-order valence-corrected chi connectivity index (χ2v) is 4.81. The van der Waals surface area contributed by atoms with Crippen LogP contribution in [0.25, 0.3) is 11.3 Å². The Hall–Kier alpha value is -2.18. The van der Waals surface area contributed by atoms with E-state index in [1.165, 1.54) is 0 Å². The van der Waals surface area contributed by atoms with Gasteiger partial charge in [0.25, 0.3) is 5.91 Å². The molecule has 0 spiro atoms. The standard InChI is InChI=1S/C16H21N3O3/c1-21-10-8-19(9-11-22-2)16(20)15-12-14(17-18-15)13-6-4-3-5-7-13/h3-7,12H,8-11H2,1-2H3,(H,17,18). The zero-order valence-electron chi connectivity index (χ0n) is 12.9. The molecule has 1 aromatic heterocycles. The minimum absolute atomic E-state index is 0.108. The number of amides is 1. The summed E-state index contributed by atoms with van der Waals surface area (Å²) in [5.74, 6) is -0.108. The zero-order chi connectivity index (χ0) is 15.8. The highest BCUT2D eigenvalue weighted by molar-refractivity contribution is 5.93. The summed E-state index contributed by atoms with van der Waals surface area (Å²) in [7, 11) is 3.23. The lowest BCUT2D eigenvalue weighted by Crippen LogP contribution is -2.36. The first-order chi connectivity index (χ1) is 10.8. The van der Waals surface area contributed by atoms with E-state index in [1.54, 1.807) is 25.2 Å². The third-order valence-corrected chi connectivity index (χ3v) is 3.30. The number of carbonyl (C=O) groups is 1. The van der Waals surface area contributed by atoms with Gasteiger partial charge in [0.05, 0.1) is 18.9 Å². The monoisotopic (exact) mass is 303 g/mol. The van der Waals surface area contributed by atoms with E-state index in [1.807, 2.05) is 30.3 Å². The van der Waals surface area contributed by atoms with Gasteiger partial charge in [0, 0.05) is 32.9 Å². The van der Waals surface area contributed by atoms with Gasteiger partial charge in [-0.2, -0.15) is 5.10 Å². The molecule has 0 aliphatic heterocycles. The van der Waals surface area contributed by atoms with Gasteiger partial charge in [-0.15, -0.1) is 0 Å². The largest absolute Gasteiger partial charge is 0.383 e. The first-order valence-electron chi connectivity index (χ1n) is 7.14. The molecule has 0 aliphatic rings. The second kappa shape index (κ2) is 8.31. The van der Waals surface area contributed by atoms with E-state index in [9.17, 15) is 4.79 Å². The molecular weight excluding hydrogens is 282 g/mol. The molecule has 1 N–H and O–H groups in total. The highest BCUT2D eigenvalue weighted by Crippen LogP contribution is 2.17. The zero-order valence-corrected chi connectivity index (χ0v) is 12.9. The Kier molecular flexibility index (Phi) is 6.12. The Bertz CT molecular complexity index is 575. The van der Waals surface area contributed by atoms with Crippen LogP contribution in [0, 0.1) is 0 Å². The third-order valence-electron chi connectivity index (χ3n) is 3.30. The van der Waals surface area contributed by atoms with Crippen LogP contribution in [0.15, 0.2) is 36.4 Å². The molecular formula is C16H21N3O3. The average molecular weight is 303 g/mol. The number of nitrogens with zero attached hydrogens (tertiary/aromatic N) is 2. The van der Waals surface area contributed by atoms with Gasteiger partial charge in [0.2, 0.25) is 0 Å². The molecule has 6 nitrogen and oxygen atoms in total. The molecule has 6 heteroatoms. The summed E-state index contributed by atoms with van der Waals surface area (Å²) in [6, 6.07) is 11.5. The Labute approximate surface area is 130 Å². The van der Waals surface area contributed by atoms with Crippen LogP contribution < -0.4 is 0 Å². The number of methoxy groups -OCH3 is 2. The topological polar surface area (TPSA) is 67.5 Å². The fraction of sp³-hybridized carbons (Fsp3) is 0.375. The van der Waals surface area contributed by atoms with Crippen LogP contribution in [-0.4, -0.2) is 61.5 Å². The number of hydrogen-bond acceptors (Lipinski definition) is 4. The van der Waals surface area contributed by atoms with Gasteiger partial charge in [-0.3, -0.25) is 9.89 Å². The van der Waals surface area contributed by atoms with Gasteiger partial charge in [-0.05, 0) is 6.07 Å². The second-order valence-electron chi connectivity index (χ2n) is 4.81. The van der Waals surface area contributed by atoms with Gasteiger partial charge >= 0.3 is 0 Å². The summed E-state index contributed by atoms with van der Waals surface area (Å²) in [5.41, 5.74) is 2.19. The molecule has 2 aromatic rings. The van der Waals surface area contributed by atoms with E-state index >= 15 is 0 Å². The van der Waals surface area contributed by atoms with Crippen molar-refractivity contribution in [3.05, 3.63) is 42.1 Å². The van der Waals surface area contributed by atoms with Gasteiger partial charge in [0.15, 0.2) is 0 Å². The Balaban J connectivity index is 2.11. The maximum Gasteiger partial charge on any atom is 0.272 e. The summed E-state index contributed by atoms with van der Waals surface area (Å²) in [5, 5.41) is 7.03. The minimum atomic E-state index is -0.108. The van der Waals surface area contributed by atoms with E-state index < -0.39 is 0 Å². The maximum absolute atomic E-state index is 12.5. The van der Waals surface area contributed by atoms with Crippen molar-refractivity contribution >= 4 is 5.91 Å². The van der Waals surface area contributed by atoms with E-state index in [0.29, 0.717) is 32.0 Å². The predicted molar refractivity (Wildman–Crippen MR) is 83.7 cm³/mol. The number of benzene rings is 1. The molecule has 0 radical (unpaired) electrons. The van der Waals surface area contributed by atoms with Crippen LogP contribution in [0.4, 0.5) is 0 Å². The molecule has 1 heterocycles. The predicted octanol–water partition coefficient (Wildman–Crippen LogP) is 1.81. The first-order valence-corrected chi connectivity index (χ1v) is 7.14. The highest BCUT2D eigenvalue weighted by Gasteiger charge is 2.18. The fourth-order valence-electron chi connectivity index (χ4n) is 2.08. The quantitative estimate of drug-likeness (QED) is 0.807. The molecule has 22 heavy (non-hydrogen) atoms. The van der Waals surface area contributed by atoms with Gasteiger partial charge in [0.1, 0.15) is 5.69 Å². The van der Waals surface area contributed by atoms with Gasteiger partial charge in [-0.25, -0.2) is 0 Å². The SMILES string of the molecule is COCCN(CCOC)C(=O)c1cc(-c2ccccc2)n[nH]1. The molecule has 0 atom stereocenters. The van der Waals surface area contributed by atoms with Crippen molar-refractivity contribution in [2.24, 2.45) is 0 Å². The molecule has 1 amide bonds. The summed E-state index contributed by atoms with van der Waals surface area (Å²) < 4.78 is 10.1. The van der Waals surface area contributed by atoms with Crippen LogP contribution in [0.2, 0.25) is 0 Å². The Morgan fingerprint density at radius 1 is 1.14 bits per heavy atom. The van der Waals surface area contributed by atoms with Crippen LogP contribution in [0.3, 0.4) is 0 Å². The van der Waals surface area contributed by atoms with Crippen molar-refractivity contribution in [1.82, 2.24) is 15.1 Å². The molecule has 0 saturated carbocycles. The average Bonchev–Trinajstić information content (AvgIpc) is 3.05. The van der Waals surface area contributed by atoms with E-state index in [0.717, 1.165) is 11.3 Å². The molecule has 0 aliphatic carbocycles. The molecule has 0 fully saturated rings. The van der Waals surface area contributed by atoms with Crippen molar-refractivity contribution in [2.45, 2.75) is 0 Å². The highest BCUT2D eigenvalue weighted by atomic mass is 16.5. The molecule has 1 aromatic carbocycles. The number of carbonyl (C=O) groups excluding carboxylic acids is 1. The lowest BCUT2D eigenvalue weighted by atomic mass is 10.1. The van der Waals surface area contributed by atoms with Crippen molar-refractivity contribution in [3.63, 3.8) is 0 Å². The van der Waals surface area contributed by atoms with Crippen molar-refractivity contribution in [1.29, 1.82) is 0 Å². The smallest absolute Gasteiger partial charge is 0.272 e. The third kappa shape index (κ3) is 4.16. The summed E-state index contributed by atoms with van der Waals surface area (Å²) in [6.07, 6.45) is 0. The normalized spacial score (nSPS) is 10.6. The number of nitrogens with one attached hydrogen (secondary N) is 1. The van der Waals surface area contributed by atoms with Crippen LogP contribution in [0.1, 0.15) is 10.5 Å². The first kappa shape index (κ1) is 16.2. The molecule has 0 saturated heterocycles. The number of aromatic nitrogens is 2. The molecule has 0 bridgehead atoms. The summed E-state index contributed by atoms with van der Waals surface area (Å²) >= 11 is 0. The number of H-pyrrole nitrogens is 1. The van der Waals surface area contributed by atoms with Crippen molar-refractivity contribution in [2.75, 3.05) is 40.5 Å².